The van der Waals surface area contributed by atoms with Gasteiger partial charge >= 0.3 is 5.97 Å². The fraction of sp³-hybridized carbons (Fsp3) is 0.293. The lowest BCUT2D eigenvalue weighted by Gasteiger charge is -2.18. The lowest BCUT2D eigenvalue weighted by molar-refractivity contribution is -0.136. The number of hydrogen-bond acceptors (Lipinski definition) is 2. The zero-order chi connectivity index (χ0) is 30.1. The molecule has 0 aliphatic carbocycles. The Bertz CT molecular complexity index is 1390. The van der Waals surface area contributed by atoms with Gasteiger partial charge in [-0.2, -0.15) is 0 Å². The molecule has 0 aliphatic heterocycles. The second-order valence-corrected chi connectivity index (χ2v) is 11.1. The van der Waals surface area contributed by atoms with E-state index in [0.29, 0.717) is 12.2 Å². The molecule has 0 radical (unpaired) electrons. The number of carbonyl (C=O) groups is 1. The Hall–Kier alpha value is -4.17. The number of esters is 1. The van der Waals surface area contributed by atoms with Crippen molar-refractivity contribution in [1.82, 2.24) is 0 Å². The molecular formula is C41H46O2. The molecule has 4 aromatic carbocycles. The van der Waals surface area contributed by atoms with Crippen LogP contribution in [0, 0.1) is 0 Å². The highest BCUT2D eigenvalue weighted by molar-refractivity contribution is 6.16. The van der Waals surface area contributed by atoms with E-state index in [-0.39, 0.29) is 5.97 Å². The first-order chi connectivity index (χ1) is 21.2. The van der Waals surface area contributed by atoms with E-state index in [1.807, 2.05) is 0 Å². The average Bonchev–Trinajstić information content (AvgIpc) is 3.06. The highest BCUT2D eigenvalue weighted by Gasteiger charge is 2.18. The number of ether oxygens (including phenoxy) is 1. The first-order valence-corrected chi connectivity index (χ1v) is 16.1. The summed E-state index contributed by atoms with van der Waals surface area (Å²) >= 11 is 0. The Morgan fingerprint density at radius 2 is 0.930 bits per heavy atom. The highest BCUT2D eigenvalue weighted by atomic mass is 16.5. The van der Waals surface area contributed by atoms with Crippen molar-refractivity contribution in [2.24, 2.45) is 0 Å². The van der Waals surface area contributed by atoms with Crippen LogP contribution in [0.5, 0.6) is 0 Å². The van der Waals surface area contributed by atoms with E-state index < -0.39 is 0 Å². The van der Waals surface area contributed by atoms with Crippen LogP contribution in [0.25, 0.3) is 16.7 Å². The molecule has 0 atom stereocenters. The first-order valence-electron chi connectivity index (χ1n) is 16.1. The Labute approximate surface area is 259 Å². The molecular weight excluding hydrogens is 524 g/mol. The molecule has 0 amide bonds. The monoisotopic (exact) mass is 570 g/mol. The molecule has 222 valence electrons. The fourth-order valence-corrected chi connectivity index (χ4v) is 5.42. The van der Waals surface area contributed by atoms with Crippen LogP contribution < -0.4 is 0 Å². The van der Waals surface area contributed by atoms with Crippen molar-refractivity contribution in [3.63, 3.8) is 0 Å². The van der Waals surface area contributed by atoms with Crippen LogP contribution in [-0.4, -0.2) is 12.6 Å². The molecule has 2 nitrogen and oxygen atoms in total. The third-order valence-corrected chi connectivity index (χ3v) is 7.78. The van der Waals surface area contributed by atoms with Crippen LogP contribution in [0.4, 0.5) is 0 Å². The van der Waals surface area contributed by atoms with E-state index in [0.717, 1.165) is 59.1 Å². The predicted octanol–water partition coefficient (Wildman–Crippen LogP) is 11.2. The van der Waals surface area contributed by atoms with Crippen LogP contribution in [0.15, 0.2) is 121 Å². The van der Waals surface area contributed by atoms with Gasteiger partial charge in [0.2, 0.25) is 0 Å². The summed E-state index contributed by atoms with van der Waals surface area (Å²) < 4.78 is 5.69. The fourth-order valence-electron chi connectivity index (χ4n) is 5.42. The SMILES string of the molecule is CCCCCCCCC=C(C(=O)OCCCC)c1ccc(C(=C(c2ccccc2)c2ccccc2)c2ccccc2)cc1. The van der Waals surface area contributed by atoms with E-state index in [4.69, 9.17) is 4.74 Å². The van der Waals surface area contributed by atoms with Gasteiger partial charge in [-0.05, 0) is 58.2 Å². The Morgan fingerprint density at radius 1 is 0.512 bits per heavy atom. The molecule has 43 heavy (non-hydrogen) atoms. The van der Waals surface area contributed by atoms with Crippen molar-refractivity contribution in [3.05, 3.63) is 149 Å². The number of rotatable bonds is 16. The zero-order valence-corrected chi connectivity index (χ0v) is 25.9. The van der Waals surface area contributed by atoms with Crippen LogP contribution >= 0.6 is 0 Å². The average molecular weight is 571 g/mol. The molecule has 0 saturated heterocycles. The van der Waals surface area contributed by atoms with Crippen molar-refractivity contribution in [1.29, 1.82) is 0 Å². The second kappa shape index (κ2) is 17.7. The molecule has 0 fully saturated rings. The molecule has 0 bridgehead atoms. The van der Waals surface area contributed by atoms with Crippen LogP contribution in [0.1, 0.15) is 99.5 Å². The standard InChI is InChI=1S/C41H46O2/c1-3-5-7-8-9-10-20-27-38(41(42)43-32-6-4-2)33-28-30-37(31-29-33)40(36-25-18-13-19-26-36)39(34-21-14-11-15-22-34)35-23-16-12-17-24-35/h11-19,21-31H,3-10,20,32H2,1-2H3. The summed E-state index contributed by atoms with van der Waals surface area (Å²) in [5, 5.41) is 0. The maximum absolute atomic E-state index is 13.2. The second-order valence-electron chi connectivity index (χ2n) is 11.1. The van der Waals surface area contributed by atoms with E-state index in [1.165, 1.54) is 37.7 Å². The lowest BCUT2D eigenvalue weighted by Crippen LogP contribution is -2.08. The number of carbonyl (C=O) groups excluding carboxylic acids is 1. The quantitative estimate of drug-likeness (QED) is 0.0579. The van der Waals surface area contributed by atoms with Gasteiger partial charge in [0.05, 0.1) is 12.2 Å². The van der Waals surface area contributed by atoms with Crippen molar-refractivity contribution >= 4 is 22.7 Å². The van der Waals surface area contributed by atoms with Gasteiger partial charge in [0.15, 0.2) is 0 Å². The number of hydrogen-bond donors (Lipinski definition) is 0. The largest absolute Gasteiger partial charge is 0.462 e. The smallest absolute Gasteiger partial charge is 0.338 e. The van der Waals surface area contributed by atoms with E-state index in [2.05, 4.69) is 135 Å². The van der Waals surface area contributed by atoms with Crippen LogP contribution in [-0.2, 0) is 9.53 Å². The Morgan fingerprint density at radius 3 is 1.42 bits per heavy atom. The molecule has 0 aliphatic rings. The number of benzene rings is 4. The summed E-state index contributed by atoms with van der Waals surface area (Å²) in [6.45, 7) is 4.81. The summed E-state index contributed by atoms with van der Waals surface area (Å²) in [6.07, 6.45) is 12.2. The van der Waals surface area contributed by atoms with Gasteiger partial charge in [0.1, 0.15) is 0 Å². The third-order valence-electron chi connectivity index (χ3n) is 7.78. The van der Waals surface area contributed by atoms with Crippen molar-refractivity contribution in [3.8, 4) is 0 Å². The van der Waals surface area contributed by atoms with Gasteiger partial charge in [-0.1, -0.05) is 174 Å². The Kier molecular flexibility index (Phi) is 13.1. The molecule has 0 spiro atoms. The van der Waals surface area contributed by atoms with Gasteiger partial charge in [-0.3, -0.25) is 0 Å². The summed E-state index contributed by atoms with van der Waals surface area (Å²) in [7, 11) is 0. The summed E-state index contributed by atoms with van der Waals surface area (Å²) in [4.78, 5) is 13.2. The normalized spacial score (nSPS) is 11.3. The summed E-state index contributed by atoms with van der Waals surface area (Å²) in [5.74, 6) is -0.222. The minimum Gasteiger partial charge on any atom is -0.462 e. The van der Waals surface area contributed by atoms with Gasteiger partial charge < -0.3 is 4.74 Å². The maximum atomic E-state index is 13.2. The molecule has 0 N–H and O–H groups in total. The molecule has 0 saturated carbocycles. The van der Waals surface area contributed by atoms with Crippen molar-refractivity contribution in [2.75, 3.05) is 6.61 Å². The Balaban J connectivity index is 1.73. The van der Waals surface area contributed by atoms with Crippen molar-refractivity contribution in [2.45, 2.75) is 71.6 Å². The van der Waals surface area contributed by atoms with Gasteiger partial charge in [-0.25, -0.2) is 4.79 Å². The molecule has 0 unspecified atom stereocenters. The first kappa shape index (κ1) is 31.8. The topological polar surface area (TPSA) is 26.3 Å². The van der Waals surface area contributed by atoms with Crippen molar-refractivity contribution < 1.29 is 9.53 Å². The van der Waals surface area contributed by atoms with Crippen LogP contribution in [0.3, 0.4) is 0 Å². The minimum absolute atomic E-state index is 0.222. The van der Waals surface area contributed by atoms with Gasteiger partial charge in [-0.15, -0.1) is 0 Å². The number of unbranched alkanes of at least 4 members (excludes halogenated alkanes) is 7. The summed E-state index contributed by atoms with van der Waals surface area (Å²) in [5.41, 5.74) is 8.50. The molecule has 0 heterocycles. The van der Waals surface area contributed by atoms with Gasteiger partial charge in [0, 0.05) is 0 Å². The van der Waals surface area contributed by atoms with Crippen LogP contribution in [0.2, 0.25) is 0 Å². The third kappa shape index (κ3) is 9.41. The molecule has 4 rings (SSSR count). The molecule has 4 aromatic rings. The minimum atomic E-state index is -0.222. The van der Waals surface area contributed by atoms with E-state index in [1.54, 1.807) is 0 Å². The maximum Gasteiger partial charge on any atom is 0.338 e. The van der Waals surface area contributed by atoms with E-state index >= 15 is 0 Å². The highest BCUT2D eigenvalue weighted by Crippen LogP contribution is 2.37. The zero-order valence-electron chi connectivity index (χ0n) is 25.9. The molecule has 2 heteroatoms. The summed E-state index contributed by atoms with van der Waals surface area (Å²) in [6, 6.07) is 40.2. The lowest BCUT2D eigenvalue weighted by atomic mass is 9.85. The van der Waals surface area contributed by atoms with Gasteiger partial charge in [0.25, 0.3) is 0 Å². The predicted molar refractivity (Wildman–Crippen MR) is 183 cm³/mol. The number of allylic oxidation sites excluding steroid dienone is 1. The van der Waals surface area contributed by atoms with E-state index in [9.17, 15) is 4.79 Å². The molecule has 0 aromatic heterocycles.